The van der Waals surface area contributed by atoms with Gasteiger partial charge in [0.05, 0.1) is 17.6 Å². The monoisotopic (exact) mass is 526 g/mol. The van der Waals surface area contributed by atoms with Gasteiger partial charge in [-0.3, -0.25) is 14.4 Å². The number of benzene rings is 2. The zero-order chi connectivity index (χ0) is 28.3. The number of hydrogen-bond donors (Lipinski definition) is 3. The molecule has 3 atom stereocenters. The van der Waals surface area contributed by atoms with Crippen molar-refractivity contribution in [1.29, 1.82) is 5.26 Å². The largest absolute Gasteiger partial charge is 0.481 e. The predicted octanol–water partition coefficient (Wildman–Crippen LogP) is 4.62. The number of carboxylic acid groups (broad SMARTS) is 1. The fourth-order valence-corrected chi connectivity index (χ4v) is 4.93. The normalized spacial score (nSPS) is 15.5. The van der Waals surface area contributed by atoms with Crippen LogP contribution < -0.4 is 10.6 Å². The molecule has 0 spiro atoms. The summed E-state index contributed by atoms with van der Waals surface area (Å²) in [5.74, 6) is -2.84. The van der Waals surface area contributed by atoms with Crippen molar-refractivity contribution in [2.75, 3.05) is 7.05 Å². The minimum Gasteiger partial charge on any atom is -0.481 e. The third kappa shape index (κ3) is 6.20. The summed E-state index contributed by atoms with van der Waals surface area (Å²) in [6.07, 6.45) is 5.04. The lowest BCUT2D eigenvalue weighted by Gasteiger charge is -2.33. The van der Waals surface area contributed by atoms with Crippen LogP contribution in [-0.4, -0.2) is 40.5 Å². The number of amides is 2. The molecule has 1 heterocycles. The van der Waals surface area contributed by atoms with E-state index in [9.17, 15) is 19.5 Å². The maximum Gasteiger partial charge on any atom is 0.309 e. The second-order valence-electron chi connectivity index (χ2n) is 11.2. The van der Waals surface area contributed by atoms with Crippen LogP contribution in [0.3, 0.4) is 0 Å². The fourth-order valence-electron chi connectivity index (χ4n) is 4.93. The number of likely N-dealkylation sites (N-methyl/N-ethyl adjacent to an activating group) is 1. The molecule has 1 aliphatic rings. The quantitative estimate of drug-likeness (QED) is 0.375. The molecule has 3 N–H and O–H groups in total. The van der Waals surface area contributed by atoms with Gasteiger partial charge in [-0.05, 0) is 64.6 Å². The van der Waals surface area contributed by atoms with Crippen molar-refractivity contribution in [3.05, 3.63) is 72.6 Å². The Hall–Kier alpha value is -4.38. The van der Waals surface area contributed by atoms with Crippen LogP contribution in [0, 0.1) is 28.6 Å². The third-order valence-electron chi connectivity index (χ3n) is 7.29. The first-order valence-electron chi connectivity index (χ1n) is 13.1. The van der Waals surface area contributed by atoms with E-state index in [0.29, 0.717) is 5.56 Å². The Labute approximate surface area is 228 Å². The number of carboxylic acids is 1. The van der Waals surface area contributed by atoms with Gasteiger partial charge in [0.25, 0.3) is 0 Å². The lowest BCUT2D eigenvalue weighted by Crippen LogP contribution is -2.55. The summed E-state index contributed by atoms with van der Waals surface area (Å²) in [6, 6.07) is 17.4. The molecule has 1 aliphatic carbocycles. The van der Waals surface area contributed by atoms with E-state index in [1.807, 2.05) is 63.2 Å². The van der Waals surface area contributed by atoms with Crippen LogP contribution in [0.25, 0.3) is 22.3 Å². The van der Waals surface area contributed by atoms with Crippen LogP contribution >= 0.6 is 0 Å². The SMILES string of the molecule is CNC(=O)[C@@H](NC(=O)[C@@H]([C@@H](C(=O)O)C1CC1)n1ccc(-c2ccc(-c3ccc(C#N)cc3)cc2)c1)C(C)(C)C. The minimum atomic E-state index is -1.02. The van der Waals surface area contributed by atoms with Gasteiger partial charge in [0.15, 0.2) is 0 Å². The summed E-state index contributed by atoms with van der Waals surface area (Å²) in [5.41, 5.74) is 3.79. The Bertz CT molecular complexity index is 1390. The van der Waals surface area contributed by atoms with Crippen molar-refractivity contribution in [1.82, 2.24) is 15.2 Å². The molecule has 2 amide bonds. The third-order valence-corrected chi connectivity index (χ3v) is 7.29. The van der Waals surface area contributed by atoms with Crippen molar-refractivity contribution in [2.45, 2.75) is 45.7 Å². The number of aliphatic carboxylic acids is 1. The Kier molecular flexibility index (Phi) is 7.91. The van der Waals surface area contributed by atoms with Crippen LogP contribution in [0.4, 0.5) is 0 Å². The van der Waals surface area contributed by atoms with Crippen LogP contribution in [0.1, 0.15) is 45.2 Å². The molecule has 0 aliphatic heterocycles. The van der Waals surface area contributed by atoms with Crippen molar-refractivity contribution in [3.8, 4) is 28.3 Å². The van der Waals surface area contributed by atoms with Crippen LogP contribution in [0.2, 0.25) is 0 Å². The van der Waals surface area contributed by atoms with Gasteiger partial charge < -0.3 is 20.3 Å². The maximum absolute atomic E-state index is 13.7. The number of nitrogens with zero attached hydrogens (tertiary/aromatic N) is 2. The zero-order valence-electron chi connectivity index (χ0n) is 22.6. The van der Waals surface area contributed by atoms with Crippen molar-refractivity contribution < 1.29 is 19.5 Å². The second kappa shape index (κ2) is 11.2. The molecule has 8 heteroatoms. The zero-order valence-corrected chi connectivity index (χ0v) is 22.6. The Morgan fingerprint density at radius 1 is 0.923 bits per heavy atom. The first kappa shape index (κ1) is 27.6. The molecule has 3 aromatic rings. The van der Waals surface area contributed by atoms with E-state index in [1.165, 1.54) is 7.05 Å². The van der Waals surface area contributed by atoms with Gasteiger partial charge in [-0.2, -0.15) is 5.26 Å². The molecule has 0 saturated heterocycles. The molecule has 0 unspecified atom stereocenters. The summed E-state index contributed by atoms with van der Waals surface area (Å²) in [6.45, 7) is 5.56. The molecule has 0 radical (unpaired) electrons. The summed E-state index contributed by atoms with van der Waals surface area (Å²) in [4.78, 5) is 38.7. The number of carbonyl (C=O) groups is 3. The van der Waals surface area contributed by atoms with E-state index in [0.717, 1.165) is 35.1 Å². The minimum absolute atomic E-state index is 0.0936. The summed E-state index contributed by atoms with van der Waals surface area (Å²) in [5, 5.41) is 24.6. The summed E-state index contributed by atoms with van der Waals surface area (Å²) >= 11 is 0. The summed E-state index contributed by atoms with van der Waals surface area (Å²) in [7, 11) is 1.51. The van der Waals surface area contributed by atoms with Gasteiger partial charge in [0, 0.05) is 19.4 Å². The van der Waals surface area contributed by atoms with Crippen LogP contribution in [-0.2, 0) is 14.4 Å². The molecular formula is C31H34N4O4. The molecule has 1 saturated carbocycles. The average molecular weight is 527 g/mol. The first-order valence-corrected chi connectivity index (χ1v) is 13.1. The maximum atomic E-state index is 13.7. The number of nitrogens with one attached hydrogen (secondary N) is 2. The van der Waals surface area contributed by atoms with E-state index >= 15 is 0 Å². The highest BCUT2D eigenvalue weighted by Crippen LogP contribution is 2.43. The standard InChI is InChI=1S/C31H34N4O4/c1-31(2,3)27(29(37)33-4)34-28(36)26(25(30(38)39)23-13-14-23)35-16-15-24(18-35)22-11-9-21(10-12-22)20-7-5-19(17-32)6-8-20/h5-12,15-16,18,23,25-27H,13-14H2,1-4H3,(H,33,37)(H,34,36)(H,38,39)/t25-,26+,27+/m0/s1. The summed E-state index contributed by atoms with van der Waals surface area (Å²) < 4.78 is 1.67. The van der Waals surface area contributed by atoms with Gasteiger partial charge in [0.1, 0.15) is 12.1 Å². The lowest BCUT2D eigenvalue weighted by atomic mass is 9.85. The van der Waals surface area contributed by atoms with Gasteiger partial charge in [-0.1, -0.05) is 57.2 Å². The van der Waals surface area contributed by atoms with E-state index < -0.39 is 35.3 Å². The van der Waals surface area contributed by atoms with Gasteiger partial charge in [-0.15, -0.1) is 0 Å². The lowest BCUT2D eigenvalue weighted by molar-refractivity contribution is -0.148. The highest BCUT2D eigenvalue weighted by atomic mass is 16.4. The smallest absolute Gasteiger partial charge is 0.309 e. The molecule has 1 fully saturated rings. The molecule has 1 aromatic heterocycles. The van der Waals surface area contributed by atoms with Gasteiger partial charge in [0.2, 0.25) is 11.8 Å². The molecular weight excluding hydrogens is 492 g/mol. The van der Waals surface area contributed by atoms with E-state index in [4.69, 9.17) is 5.26 Å². The fraction of sp³-hybridized carbons (Fsp3) is 0.355. The number of aromatic nitrogens is 1. The molecule has 202 valence electrons. The number of rotatable bonds is 9. The van der Waals surface area contributed by atoms with Crippen molar-refractivity contribution in [3.63, 3.8) is 0 Å². The second-order valence-corrected chi connectivity index (χ2v) is 11.2. The Morgan fingerprint density at radius 2 is 1.46 bits per heavy atom. The number of hydrogen-bond acceptors (Lipinski definition) is 4. The average Bonchev–Trinajstić information content (AvgIpc) is 3.64. The molecule has 4 rings (SSSR count). The molecule has 8 nitrogen and oxygen atoms in total. The van der Waals surface area contributed by atoms with E-state index in [-0.39, 0.29) is 11.8 Å². The predicted molar refractivity (Wildman–Crippen MR) is 148 cm³/mol. The molecule has 2 aromatic carbocycles. The highest BCUT2D eigenvalue weighted by Gasteiger charge is 2.46. The van der Waals surface area contributed by atoms with Crippen molar-refractivity contribution in [2.24, 2.45) is 17.3 Å². The van der Waals surface area contributed by atoms with Gasteiger partial charge >= 0.3 is 5.97 Å². The van der Waals surface area contributed by atoms with Crippen LogP contribution in [0.5, 0.6) is 0 Å². The van der Waals surface area contributed by atoms with Crippen LogP contribution in [0.15, 0.2) is 67.0 Å². The first-order chi connectivity index (χ1) is 18.5. The topological polar surface area (TPSA) is 124 Å². The van der Waals surface area contributed by atoms with Gasteiger partial charge in [-0.25, -0.2) is 0 Å². The Balaban J connectivity index is 1.63. The van der Waals surface area contributed by atoms with E-state index in [1.54, 1.807) is 29.1 Å². The number of nitriles is 1. The van der Waals surface area contributed by atoms with Crippen molar-refractivity contribution >= 4 is 17.8 Å². The molecule has 39 heavy (non-hydrogen) atoms. The van der Waals surface area contributed by atoms with E-state index in [2.05, 4.69) is 16.7 Å². The number of carbonyl (C=O) groups excluding carboxylic acids is 2. The molecule has 0 bridgehead atoms. The highest BCUT2D eigenvalue weighted by molar-refractivity contribution is 5.92. The Morgan fingerprint density at radius 3 is 1.92 bits per heavy atom.